The fourth-order valence-electron chi connectivity index (χ4n) is 8.45. The molecule has 256 valence electrons. The molecule has 2 bridgehead atoms. The van der Waals surface area contributed by atoms with Crippen molar-refractivity contribution in [3.8, 4) is 5.75 Å². The number of thiazole rings is 1. The molecule has 8 rings (SSSR count). The van der Waals surface area contributed by atoms with Gasteiger partial charge in [-0.2, -0.15) is 0 Å². The van der Waals surface area contributed by atoms with E-state index in [1.807, 2.05) is 49.4 Å². The van der Waals surface area contributed by atoms with E-state index in [-0.39, 0.29) is 64.7 Å². The van der Waals surface area contributed by atoms with Crippen LogP contribution >= 0.6 is 39.0 Å². The predicted molar refractivity (Wildman–Crippen MR) is 193 cm³/mol. The minimum absolute atomic E-state index is 0.0245. The van der Waals surface area contributed by atoms with Gasteiger partial charge in [0.15, 0.2) is 6.61 Å². The normalized spacial score (nSPS) is 26.0. The van der Waals surface area contributed by atoms with Crippen LogP contribution in [0.3, 0.4) is 0 Å². The lowest BCUT2D eigenvalue weighted by Crippen LogP contribution is -2.42. The number of aryl methyl sites for hydroxylation is 1. The number of nitrogens with zero attached hydrogens (tertiary/aromatic N) is 1. The molecule has 2 saturated carbocycles. The van der Waals surface area contributed by atoms with Crippen LogP contribution in [0.15, 0.2) is 81.0 Å². The molecule has 2 aliphatic heterocycles. The number of aromatic nitrogens is 1. The van der Waals surface area contributed by atoms with Crippen molar-refractivity contribution in [2.24, 2.45) is 29.6 Å². The number of carbonyl (C=O) groups is 4. The molecule has 2 N–H and O–H groups in total. The third kappa shape index (κ3) is 5.50. The number of esters is 1. The summed E-state index contributed by atoms with van der Waals surface area (Å²) in [7, 11) is 0. The number of ether oxygens (including phenoxy) is 2. The number of anilines is 2. The van der Waals surface area contributed by atoms with Gasteiger partial charge >= 0.3 is 10.8 Å². The monoisotopic (exact) mass is 773 g/mol. The molecule has 0 radical (unpaired) electrons. The van der Waals surface area contributed by atoms with Gasteiger partial charge in [0, 0.05) is 31.8 Å². The zero-order chi connectivity index (χ0) is 34.8. The summed E-state index contributed by atoms with van der Waals surface area (Å²) in [5, 5.41) is 3.63. The highest BCUT2D eigenvalue weighted by Gasteiger charge is 2.70. The number of imide groups is 1. The molecule has 7 atom stereocenters. The van der Waals surface area contributed by atoms with Crippen LogP contribution in [0.25, 0.3) is 0 Å². The summed E-state index contributed by atoms with van der Waals surface area (Å²) < 4.78 is 12.1. The summed E-state index contributed by atoms with van der Waals surface area (Å²) in [6.07, 6.45) is 0.726. The number of hydrogen-bond donors (Lipinski definition) is 2. The Morgan fingerprint density at radius 2 is 1.70 bits per heavy atom. The molecule has 1 saturated heterocycles. The number of carbonyl (C=O) groups excluding carboxylic acids is 4. The van der Waals surface area contributed by atoms with Gasteiger partial charge in [0.2, 0.25) is 11.8 Å². The van der Waals surface area contributed by atoms with Gasteiger partial charge in [-0.05, 0) is 92.6 Å². The number of fused-ring (bicyclic) bond motifs is 9. The van der Waals surface area contributed by atoms with Gasteiger partial charge in [0.05, 0.1) is 34.7 Å². The Morgan fingerprint density at radius 1 is 0.980 bits per heavy atom. The minimum Gasteiger partial charge on any atom is -0.483 e. The summed E-state index contributed by atoms with van der Waals surface area (Å²) in [5.74, 6) is -2.23. The van der Waals surface area contributed by atoms with Crippen LogP contribution in [0.2, 0.25) is 0 Å². The quantitative estimate of drug-likeness (QED) is 0.156. The average Bonchev–Trinajstić information content (AvgIpc) is 3.84. The molecule has 50 heavy (non-hydrogen) atoms. The van der Waals surface area contributed by atoms with Gasteiger partial charge in [0.1, 0.15) is 5.75 Å². The maximum Gasteiger partial charge on any atom is 0.338 e. The van der Waals surface area contributed by atoms with E-state index in [0.29, 0.717) is 22.7 Å². The minimum atomic E-state index is -0.504. The second-order valence-corrected chi connectivity index (χ2v) is 16.2. The van der Waals surface area contributed by atoms with E-state index in [2.05, 4.69) is 26.2 Å². The van der Waals surface area contributed by atoms with Gasteiger partial charge in [0.25, 0.3) is 5.91 Å². The smallest absolute Gasteiger partial charge is 0.338 e. The van der Waals surface area contributed by atoms with Crippen molar-refractivity contribution in [1.82, 2.24) is 4.98 Å². The van der Waals surface area contributed by atoms with E-state index in [0.717, 1.165) is 43.3 Å². The van der Waals surface area contributed by atoms with Crippen molar-refractivity contribution in [1.29, 1.82) is 0 Å². The Hall–Kier alpha value is -4.20. The van der Waals surface area contributed by atoms with Gasteiger partial charge in [-0.15, -0.1) is 11.8 Å². The second-order valence-electron chi connectivity index (χ2n) is 13.1. The summed E-state index contributed by atoms with van der Waals surface area (Å²) in [6.45, 7) is 3.73. The van der Waals surface area contributed by atoms with Gasteiger partial charge in [-0.3, -0.25) is 24.1 Å². The van der Waals surface area contributed by atoms with E-state index in [1.54, 1.807) is 43.0 Å². The van der Waals surface area contributed by atoms with E-state index in [9.17, 15) is 24.0 Å². The maximum absolute atomic E-state index is 14.2. The summed E-state index contributed by atoms with van der Waals surface area (Å²) >= 11 is 6.39. The first-order valence-electron chi connectivity index (χ1n) is 16.5. The van der Waals surface area contributed by atoms with Crippen molar-refractivity contribution in [2.45, 2.75) is 36.5 Å². The van der Waals surface area contributed by atoms with Crippen molar-refractivity contribution in [2.75, 3.05) is 23.4 Å². The molecule has 3 amide bonds. The largest absolute Gasteiger partial charge is 0.483 e. The Balaban J connectivity index is 1.11. The number of nitrogens with one attached hydrogen (secondary N) is 2. The first kappa shape index (κ1) is 33.0. The van der Waals surface area contributed by atoms with Crippen molar-refractivity contribution in [3.05, 3.63) is 102 Å². The molecule has 1 aromatic heterocycles. The topological polar surface area (TPSA) is 135 Å². The molecule has 0 spiro atoms. The van der Waals surface area contributed by atoms with Crippen LogP contribution in [-0.2, 0) is 19.1 Å². The highest BCUT2D eigenvalue weighted by molar-refractivity contribution is 9.10. The van der Waals surface area contributed by atoms with E-state index < -0.39 is 17.8 Å². The summed E-state index contributed by atoms with van der Waals surface area (Å²) in [4.78, 5) is 71.3. The first-order valence-corrected chi connectivity index (χ1v) is 18.9. The van der Waals surface area contributed by atoms with Gasteiger partial charge in [-0.25, -0.2) is 4.79 Å². The molecule has 4 aromatic rings. The van der Waals surface area contributed by atoms with Crippen molar-refractivity contribution in [3.63, 3.8) is 0 Å². The van der Waals surface area contributed by atoms with Crippen LogP contribution in [0, 0.1) is 36.5 Å². The lowest BCUT2D eigenvalue weighted by atomic mass is 9.68. The molecule has 6 unspecified atom stereocenters. The fourth-order valence-corrected chi connectivity index (χ4v) is 11.7. The molecule has 3 heterocycles. The third-order valence-electron chi connectivity index (χ3n) is 10.4. The first-order chi connectivity index (χ1) is 24.1. The Kier molecular flexibility index (Phi) is 8.47. The highest BCUT2D eigenvalue weighted by atomic mass is 79.9. The van der Waals surface area contributed by atoms with Crippen LogP contribution in [0.4, 0.5) is 11.4 Å². The van der Waals surface area contributed by atoms with Crippen LogP contribution in [0.5, 0.6) is 5.75 Å². The Morgan fingerprint density at radius 3 is 2.42 bits per heavy atom. The number of benzene rings is 3. The Bertz CT molecular complexity index is 2100. The molecule has 10 nitrogen and oxygen atoms in total. The van der Waals surface area contributed by atoms with Crippen LogP contribution in [0.1, 0.15) is 45.6 Å². The van der Waals surface area contributed by atoms with E-state index in [1.165, 1.54) is 4.90 Å². The number of amides is 3. The molecular formula is C37H32BrN3O7S2. The number of thioether (sulfide) groups is 1. The van der Waals surface area contributed by atoms with Crippen molar-refractivity contribution < 1.29 is 28.7 Å². The molecule has 13 heteroatoms. The predicted octanol–water partition coefficient (Wildman–Crippen LogP) is 6.38. The molecule has 2 aliphatic carbocycles. The van der Waals surface area contributed by atoms with Gasteiger partial charge < -0.3 is 19.8 Å². The molecule has 3 fully saturated rings. The highest BCUT2D eigenvalue weighted by Crippen LogP contribution is 2.69. The van der Waals surface area contributed by atoms with E-state index >= 15 is 0 Å². The van der Waals surface area contributed by atoms with Crippen molar-refractivity contribution >= 4 is 74.1 Å². The third-order valence-corrected chi connectivity index (χ3v) is 13.4. The molecule has 4 aliphatic rings. The fraction of sp³-hybridized carbons (Fsp3) is 0.324. The van der Waals surface area contributed by atoms with E-state index in [4.69, 9.17) is 9.47 Å². The lowest BCUT2D eigenvalue weighted by Gasteiger charge is -2.43. The number of rotatable bonds is 8. The number of halogens is 1. The molecule has 3 aromatic carbocycles. The maximum atomic E-state index is 14.2. The lowest BCUT2D eigenvalue weighted by molar-refractivity contribution is -0.123. The van der Waals surface area contributed by atoms with Crippen LogP contribution < -0.4 is 19.8 Å². The average molecular weight is 775 g/mol. The zero-order valence-electron chi connectivity index (χ0n) is 27.0. The summed E-state index contributed by atoms with van der Waals surface area (Å²) in [5.41, 5.74) is 3.36. The number of hydrogen-bond acceptors (Lipinski definition) is 9. The second kappa shape index (κ2) is 12.8. The molecular weight excluding hydrogens is 742 g/mol. The zero-order valence-corrected chi connectivity index (χ0v) is 30.2. The number of H-pyrrole nitrogens is 1. The number of aromatic amines is 1. The Labute approximate surface area is 304 Å². The van der Waals surface area contributed by atoms with Gasteiger partial charge in [-0.1, -0.05) is 45.0 Å². The summed E-state index contributed by atoms with van der Waals surface area (Å²) in [6, 6.07) is 19.6. The van der Waals surface area contributed by atoms with Crippen LogP contribution in [-0.4, -0.2) is 47.1 Å². The SMILES string of the molecule is CCOC(=O)c1ccc(N2C(=O)C3C4CC(C3C2=O)C2C4Sc3[nH]c(=O)sc3[C@@H]2c2cc(Br)ccc2OCC(=O)Nc2ccc(C)cc2)cc1. The standard InChI is InChI=1S/C37H32BrN3O7S2/c1-3-47-36(45)18-6-11-21(12-7-18)41-34(43)29-23-15-24(30(29)35(41)44)31-28(23)27(32-33(49-31)40-37(46)50-32)22-14-19(38)8-13-25(22)48-16-26(42)39-20-9-4-17(2)5-10-20/h4-14,23-24,27-31H,3,15-16H2,1-2H3,(H,39,42)(H,40,46)/t23?,24?,27-,28?,29?,30?,31?/m1/s1.